The van der Waals surface area contributed by atoms with E-state index in [1.165, 1.54) is 0 Å². The van der Waals surface area contributed by atoms with Gasteiger partial charge in [0.2, 0.25) is 5.91 Å². The van der Waals surface area contributed by atoms with E-state index in [1.54, 1.807) is 55.5 Å². The summed E-state index contributed by atoms with van der Waals surface area (Å²) in [6.07, 6.45) is 0. The molecule has 0 atom stereocenters. The van der Waals surface area contributed by atoms with E-state index in [-0.39, 0.29) is 10.6 Å². The first-order chi connectivity index (χ1) is 9.47. The van der Waals surface area contributed by atoms with Gasteiger partial charge in [-0.25, -0.2) is 8.42 Å². The van der Waals surface area contributed by atoms with Crippen LogP contribution in [0.1, 0.15) is 17.3 Å². The SMILES string of the molecule is CCS(=O)(=O)c1ccccc1-c1ccccc1C(N)=O. The number of hydrogen-bond donors (Lipinski definition) is 1. The lowest BCUT2D eigenvalue weighted by Crippen LogP contribution is -2.13. The average Bonchev–Trinajstić information content (AvgIpc) is 2.47. The van der Waals surface area contributed by atoms with Crippen LogP contribution in [0.5, 0.6) is 0 Å². The fourth-order valence-electron chi connectivity index (χ4n) is 2.05. The van der Waals surface area contributed by atoms with Crippen molar-refractivity contribution < 1.29 is 13.2 Å². The van der Waals surface area contributed by atoms with Crippen molar-refractivity contribution in [2.24, 2.45) is 5.73 Å². The van der Waals surface area contributed by atoms with Gasteiger partial charge in [0.05, 0.1) is 10.6 Å². The topological polar surface area (TPSA) is 77.2 Å². The van der Waals surface area contributed by atoms with E-state index in [9.17, 15) is 13.2 Å². The number of carbonyl (C=O) groups excluding carboxylic acids is 1. The van der Waals surface area contributed by atoms with Gasteiger partial charge in [-0.15, -0.1) is 0 Å². The summed E-state index contributed by atoms with van der Waals surface area (Å²) in [5.41, 5.74) is 6.70. The summed E-state index contributed by atoms with van der Waals surface area (Å²) in [5.74, 6) is -0.577. The van der Waals surface area contributed by atoms with Crippen LogP contribution in [-0.4, -0.2) is 20.1 Å². The molecular weight excluding hydrogens is 274 g/mol. The number of hydrogen-bond acceptors (Lipinski definition) is 3. The van der Waals surface area contributed by atoms with E-state index in [0.717, 1.165) is 0 Å². The molecule has 5 heteroatoms. The summed E-state index contributed by atoms with van der Waals surface area (Å²) in [7, 11) is -3.37. The third-order valence-electron chi connectivity index (χ3n) is 3.08. The minimum absolute atomic E-state index is 0.00273. The maximum atomic E-state index is 12.2. The maximum Gasteiger partial charge on any atom is 0.249 e. The van der Waals surface area contributed by atoms with Crippen molar-refractivity contribution in [2.45, 2.75) is 11.8 Å². The lowest BCUT2D eigenvalue weighted by atomic mass is 9.99. The van der Waals surface area contributed by atoms with E-state index in [1.807, 2.05) is 0 Å². The number of sulfone groups is 1. The van der Waals surface area contributed by atoms with Gasteiger partial charge in [0.15, 0.2) is 9.84 Å². The first-order valence-corrected chi connectivity index (χ1v) is 7.83. The van der Waals surface area contributed by atoms with Crippen molar-refractivity contribution >= 4 is 15.7 Å². The number of carbonyl (C=O) groups is 1. The van der Waals surface area contributed by atoms with E-state index in [4.69, 9.17) is 5.73 Å². The molecule has 104 valence electrons. The molecule has 1 amide bonds. The standard InChI is InChI=1S/C15H15NO3S/c1-2-20(18,19)14-10-6-5-8-12(14)11-7-3-4-9-13(11)15(16)17/h3-10H,2H2,1H3,(H2,16,17). The Hall–Kier alpha value is -2.14. The van der Waals surface area contributed by atoms with Crippen LogP contribution in [0.2, 0.25) is 0 Å². The van der Waals surface area contributed by atoms with Gasteiger partial charge in [-0.3, -0.25) is 4.79 Å². The van der Waals surface area contributed by atoms with Crippen LogP contribution >= 0.6 is 0 Å². The van der Waals surface area contributed by atoms with Crippen LogP contribution in [-0.2, 0) is 9.84 Å². The predicted molar refractivity (Wildman–Crippen MR) is 78.1 cm³/mol. The van der Waals surface area contributed by atoms with E-state index < -0.39 is 15.7 Å². The molecule has 0 aromatic heterocycles. The fraction of sp³-hybridized carbons (Fsp3) is 0.133. The van der Waals surface area contributed by atoms with Gasteiger partial charge < -0.3 is 5.73 Å². The molecule has 0 aliphatic carbocycles. The number of amides is 1. The molecule has 2 aromatic rings. The predicted octanol–water partition coefficient (Wildman–Crippen LogP) is 2.25. The molecule has 0 unspecified atom stereocenters. The lowest BCUT2D eigenvalue weighted by Gasteiger charge is -2.12. The summed E-state index contributed by atoms with van der Waals surface area (Å²) in [6.45, 7) is 1.59. The molecule has 2 rings (SSSR count). The summed E-state index contributed by atoms with van der Waals surface area (Å²) in [5, 5.41) is 0. The van der Waals surface area contributed by atoms with Crippen molar-refractivity contribution in [1.29, 1.82) is 0 Å². The lowest BCUT2D eigenvalue weighted by molar-refractivity contribution is 0.100. The third-order valence-corrected chi connectivity index (χ3v) is 4.87. The molecule has 0 bridgehead atoms. The number of nitrogens with two attached hydrogens (primary N) is 1. The maximum absolute atomic E-state index is 12.2. The second-order valence-electron chi connectivity index (χ2n) is 4.31. The van der Waals surface area contributed by atoms with Crippen molar-refractivity contribution in [3.8, 4) is 11.1 Å². The monoisotopic (exact) mass is 289 g/mol. The molecule has 0 saturated heterocycles. The second-order valence-corrected chi connectivity index (χ2v) is 6.56. The van der Waals surface area contributed by atoms with Gasteiger partial charge in [0.25, 0.3) is 0 Å². The number of rotatable bonds is 4. The minimum Gasteiger partial charge on any atom is -0.366 e. The third kappa shape index (κ3) is 2.58. The Morgan fingerprint density at radius 3 is 2.15 bits per heavy atom. The smallest absolute Gasteiger partial charge is 0.249 e. The van der Waals surface area contributed by atoms with Crippen LogP contribution in [0.25, 0.3) is 11.1 Å². The highest BCUT2D eigenvalue weighted by atomic mass is 32.2. The Bertz CT molecular complexity index is 751. The molecule has 0 spiro atoms. The Kier molecular flexibility index (Phi) is 3.90. The molecule has 0 fully saturated rings. The highest BCUT2D eigenvalue weighted by molar-refractivity contribution is 7.91. The zero-order valence-corrected chi connectivity index (χ0v) is 11.9. The first-order valence-electron chi connectivity index (χ1n) is 6.18. The molecule has 2 aromatic carbocycles. The largest absolute Gasteiger partial charge is 0.366 e. The Morgan fingerprint density at radius 1 is 1.00 bits per heavy atom. The molecule has 0 saturated carbocycles. The summed E-state index contributed by atoms with van der Waals surface area (Å²) < 4.78 is 24.3. The van der Waals surface area contributed by atoms with Gasteiger partial charge in [0.1, 0.15) is 0 Å². The summed E-state index contributed by atoms with van der Waals surface area (Å²) >= 11 is 0. The van der Waals surface area contributed by atoms with Crippen molar-refractivity contribution in [3.05, 3.63) is 54.1 Å². The zero-order valence-electron chi connectivity index (χ0n) is 11.0. The zero-order chi connectivity index (χ0) is 14.8. The highest BCUT2D eigenvalue weighted by Crippen LogP contribution is 2.30. The molecule has 4 nitrogen and oxygen atoms in total. The molecular formula is C15H15NO3S. The van der Waals surface area contributed by atoms with Crippen LogP contribution in [0.15, 0.2) is 53.4 Å². The van der Waals surface area contributed by atoms with Gasteiger partial charge >= 0.3 is 0 Å². The molecule has 0 radical (unpaired) electrons. The molecule has 0 aliphatic heterocycles. The van der Waals surface area contributed by atoms with Gasteiger partial charge in [-0.1, -0.05) is 43.3 Å². The van der Waals surface area contributed by atoms with Crippen molar-refractivity contribution in [1.82, 2.24) is 0 Å². The molecule has 0 aliphatic rings. The first kappa shape index (κ1) is 14.3. The summed E-state index contributed by atoms with van der Waals surface area (Å²) in [4.78, 5) is 11.7. The van der Waals surface area contributed by atoms with E-state index in [2.05, 4.69) is 0 Å². The number of benzene rings is 2. The molecule has 2 N–H and O–H groups in total. The van der Waals surface area contributed by atoms with Crippen LogP contribution in [0, 0.1) is 0 Å². The highest BCUT2D eigenvalue weighted by Gasteiger charge is 2.19. The van der Waals surface area contributed by atoms with Crippen LogP contribution in [0.3, 0.4) is 0 Å². The second kappa shape index (κ2) is 5.46. The van der Waals surface area contributed by atoms with Crippen LogP contribution < -0.4 is 5.73 Å². The minimum atomic E-state index is -3.37. The Balaban J connectivity index is 2.76. The van der Waals surface area contributed by atoms with Crippen molar-refractivity contribution in [2.75, 3.05) is 5.75 Å². The van der Waals surface area contributed by atoms with E-state index in [0.29, 0.717) is 16.7 Å². The van der Waals surface area contributed by atoms with Gasteiger partial charge in [-0.2, -0.15) is 0 Å². The Morgan fingerprint density at radius 2 is 1.55 bits per heavy atom. The quantitative estimate of drug-likeness (QED) is 0.937. The Labute approximate surface area is 118 Å². The van der Waals surface area contributed by atoms with Crippen molar-refractivity contribution in [3.63, 3.8) is 0 Å². The fourth-order valence-corrected chi connectivity index (χ4v) is 3.16. The van der Waals surface area contributed by atoms with Gasteiger partial charge in [-0.05, 0) is 17.7 Å². The molecule has 0 heterocycles. The normalized spacial score (nSPS) is 11.2. The van der Waals surface area contributed by atoms with Crippen LogP contribution in [0.4, 0.5) is 0 Å². The van der Waals surface area contributed by atoms with Gasteiger partial charge in [0, 0.05) is 11.1 Å². The van der Waals surface area contributed by atoms with E-state index >= 15 is 0 Å². The molecule has 20 heavy (non-hydrogen) atoms. The number of primary amides is 1. The summed E-state index contributed by atoms with van der Waals surface area (Å²) in [6, 6.07) is 13.4. The average molecular weight is 289 g/mol.